The minimum atomic E-state index is -0.988. The molecule has 1 amide bonds. The molecule has 0 spiro atoms. The van der Waals surface area contributed by atoms with Crippen LogP contribution in [0, 0.1) is 0 Å². The van der Waals surface area contributed by atoms with E-state index in [0.717, 1.165) is 0 Å². The van der Waals surface area contributed by atoms with Gasteiger partial charge in [0.15, 0.2) is 0 Å². The van der Waals surface area contributed by atoms with Crippen molar-refractivity contribution >= 4 is 29.3 Å². The second-order valence-corrected chi connectivity index (χ2v) is 4.35. The summed E-state index contributed by atoms with van der Waals surface area (Å²) < 4.78 is 10.2. The van der Waals surface area contributed by atoms with E-state index >= 15 is 0 Å². The third-order valence-electron chi connectivity index (χ3n) is 2.64. The lowest BCUT2D eigenvalue weighted by atomic mass is 10.1. The molecule has 1 aromatic carbocycles. The number of nitrogens with zero attached hydrogens (tertiary/aromatic N) is 1. The molecule has 0 radical (unpaired) electrons. The maximum absolute atomic E-state index is 12.4. The van der Waals surface area contributed by atoms with E-state index in [2.05, 4.69) is 0 Å². The Morgan fingerprint density at radius 3 is 2.58 bits per heavy atom. The summed E-state index contributed by atoms with van der Waals surface area (Å²) in [5.41, 5.74) is 0.609. The van der Waals surface area contributed by atoms with Gasteiger partial charge in [-0.15, -0.1) is 0 Å². The molecule has 0 saturated carbocycles. The van der Waals surface area contributed by atoms with Crippen molar-refractivity contribution in [3.8, 4) is 0 Å². The number of ether oxygens (including phenoxy) is 2. The fraction of sp³-hybridized carbons (Fsp3) is 0.308. The minimum Gasteiger partial charge on any atom is -0.469 e. The molecule has 0 aliphatic carbocycles. The van der Waals surface area contributed by atoms with Crippen molar-refractivity contribution < 1.29 is 19.1 Å². The van der Waals surface area contributed by atoms with E-state index in [9.17, 15) is 9.59 Å². The Bertz CT molecular complexity index is 503. The lowest BCUT2D eigenvalue weighted by molar-refractivity contribution is -0.157. The van der Waals surface area contributed by atoms with Gasteiger partial charge in [0.2, 0.25) is 6.10 Å². The van der Waals surface area contributed by atoms with Crippen molar-refractivity contribution in [2.45, 2.75) is 13.0 Å². The molecule has 1 aromatic rings. The quantitative estimate of drug-likeness (QED) is 0.619. The van der Waals surface area contributed by atoms with Crippen LogP contribution in [0.15, 0.2) is 30.3 Å². The van der Waals surface area contributed by atoms with Gasteiger partial charge in [0.1, 0.15) is 6.61 Å². The number of amides is 1. The molecule has 5 nitrogen and oxygen atoms in total. The minimum absolute atomic E-state index is 0.123. The third kappa shape index (κ3) is 3.08. The highest BCUT2D eigenvalue weighted by Crippen LogP contribution is 2.22. The Kier molecular flexibility index (Phi) is 4.11. The second kappa shape index (κ2) is 5.79. The van der Waals surface area contributed by atoms with Gasteiger partial charge in [0.05, 0.1) is 6.54 Å². The van der Waals surface area contributed by atoms with Crippen molar-refractivity contribution in [3.05, 3.63) is 35.9 Å². The largest absolute Gasteiger partial charge is 0.469 e. The van der Waals surface area contributed by atoms with Crippen molar-refractivity contribution in [1.29, 1.82) is 0 Å². The number of thiocarbonyl (C=S) groups is 1. The highest BCUT2D eigenvalue weighted by molar-refractivity contribution is 7.80. The van der Waals surface area contributed by atoms with Crippen LogP contribution in [0.4, 0.5) is 0 Å². The van der Waals surface area contributed by atoms with Crippen LogP contribution in [-0.4, -0.2) is 35.1 Å². The number of carbonyl (C=O) groups excluding carboxylic acids is 2. The first-order valence-electron chi connectivity index (χ1n) is 5.80. The molecule has 0 N–H and O–H groups in total. The van der Waals surface area contributed by atoms with E-state index in [0.29, 0.717) is 18.7 Å². The van der Waals surface area contributed by atoms with Gasteiger partial charge in [0.25, 0.3) is 11.1 Å². The molecule has 0 bridgehead atoms. The number of esters is 1. The number of hydrogen-bond donors (Lipinski definition) is 0. The summed E-state index contributed by atoms with van der Waals surface area (Å²) in [6.07, 6.45) is -0.988. The standard InChI is InChI=1S/C13H13NO4S/c1-9(15)18-11(10-5-3-2-4-6-10)12(16)14-7-8-17-13(14)19/h2-6,11H,7-8H2,1H3/t11-/m1/s1. The number of benzene rings is 1. The van der Waals surface area contributed by atoms with Gasteiger partial charge in [-0.1, -0.05) is 30.3 Å². The average molecular weight is 279 g/mol. The van der Waals surface area contributed by atoms with E-state index in [4.69, 9.17) is 21.7 Å². The molecular formula is C13H13NO4S. The number of carbonyl (C=O) groups is 2. The molecule has 0 aromatic heterocycles. The van der Waals surface area contributed by atoms with Gasteiger partial charge in [-0.25, -0.2) is 0 Å². The molecule has 19 heavy (non-hydrogen) atoms. The molecule has 1 heterocycles. The smallest absolute Gasteiger partial charge is 0.303 e. The van der Waals surface area contributed by atoms with E-state index in [-0.39, 0.29) is 11.1 Å². The summed E-state index contributed by atoms with van der Waals surface area (Å²) in [5, 5.41) is 0.123. The predicted molar refractivity (Wildman–Crippen MR) is 71.2 cm³/mol. The summed E-state index contributed by atoms with van der Waals surface area (Å²) in [4.78, 5) is 24.9. The fourth-order valence-electron chi connectivity index (χ4n) is 1.79. The predicted octanol–water partition coefficient (Wildman–Crippen LogP) is 1.43. The highest BCUT2D eigenvalue weighted by atomic mass is 32.1. The van der Waals surface area contributed by atoms with E-state index in [1.165, 1.54) is 11.8 Å². The zero-order valence-electron chi connectivity index (χ0n) is 10.4. The van der Waals surface area contributed by atoms with Crippen molar-refractivity contribution in [2.75, 3.05) is 13.2 Å². The van der Waals surface area contributed by atoms with Crippen LogP contribution in [-0.2, 0) is 19.1 Å². The van der Waals surface area contributed by atoms with Crippen LogP contribution >= 0.6 is 12.2 Å². The first-order chi connectivity index (χ1) is 9.09. The van der Waals surface area contributed by atoms with Crippen molar-refractivity contribution in [2.24, 2.45) is 0 Å². The molecule has 2 rings (SSSR count). The number of hydrogen-bond acceptors (Lipinski definition) is 5. The van der Waals surface area contributed by atoms with Gasteiger partial charge in [-0.3, -0.25) is 14.5 Å². The Labute approximate surface area is 116 Å². The Morgan fingerprint density at radius 1 is 1.37 bits per heavy atom. The Hall–Kier alpha value is -1.95. The topological polar surface area (TPSA) is 55.8 Å². The average Bonchev–Trinajstić information content (AvgIpc) is 2.82. The molecule has 1 atom stereocenters. The van der Waals surface area contributed by atoms with E-state index < -0.39 is 12.1 Å². The molecule has 1 aliphatic rings. The lowest BCUT2D eigenvalue weighted by Gasteiger charge is -2.21. The molecule has 1 aliphatic heterocycles. The van der Waals surface area contributed by atoms with Crippen LogP contribution in [0.2, 0.25) is 0 Å². The molecular weight excluding hydrogens is 266 g/mol. The lowest BCUT2D eigenvalue weighted by Crippen LogP contribution is -2.37. The molecule has 6 heteroatoms. The zero-order valence-corrected chi connectivity index (χ0v) is 11.2. The van der Waals surface area contributed by atoms with E-state index in [1.807, 2.05) is 6.07 Å². The maximum Gasteiger partial charge on any atom is 0.303 e. The fourth-order valence-corrected chi connectivity index (χ4v) is 2.05. The summed E-state index contributed by atoms with van der Waals surface area (Å²) in [6, 6.07) is 8.83. The first-order valence-corrected chi connectivity index (χ1v) is 6.20. The molecule has 1 fully saturated rings. The van der Waals surface area contributed by atoms with Crippen molar-refractivity contribution in [3.63, 3.8) is 0 Å². The van der Waals surface area contributed by atoms with Crippen LogP contribution in [0.3, 0.4) is 0 Å². The SMILES string of the molecule is CC(=O)O[C@@H](C(=O)N1CCOC1=S)c1ccccc1. The van der Waals surface area contributed by atoms with E-state index in [1.54, 1.807) is 24.3 Å². The summed E-state index contributed by atoms with van der Waals surface area (Å²) in [5.74, 6) is -0.905. The van der Waals surface area contributed by atoms with Crippen LogP contribution in [0.5, 0.6) is 0 Å². The van der Waals surface area contributed by atoms with Gasteiger partial charge >= 0.3 is 5.97 Å². The maximum atomic E-state index is 12.4. The van der Waals surface area contributed by atoms with Gasteiger partial charge in [-0.05, 0) is 12.2 Å². The van der Waals surface area contributed by atoms with Gasteiger partial charge in [0, 0.05) is 12.5 Å². The zero-order chi connectivity index (χ0) is 13.8. The third-order valence-corrected chi connectivity index (χ3v) is 2.98. The van der Waals surface area contributed by atoms with Gasteiger partial charge < -0.3 is 9.47 Å². The highest BCUT2D eigenvalue weighted by Gasteiger charge is 2.33. The normalized spacial score (nSPS) is 15.8. The molecule has 1 saturated heterocycles. The molecule has 0 unspecified atom stereocenters. The van der Waals surface area contributed by atoms with Crippen molar-refractivity contribution in [1.82, 2.24) is 4.90 Å². The number of rotatable bonds is 3. The first kappa shape index (κ1) is 13.5. The monoisotopic (exact) mass is 279 g/mol. The summed E-state index contributed by atoms with van der Waals surface area (Å²) in [6.45, 7) is 2.01. The second-order valence-electron chi connectivity index (χ2n) is 4.00. The Morgan fingerprint density at radius 2 is 2.05 bits per heavy atom. The van der Waals surface area contributed by atoms with Crippen LogP contribution in [0.1, 0.15) is 18.6 Å². The van der Waals surface area contributed by atoms with Gasteiger partial charge in [-0.2, -0.15) is 0 Å². The van der Waals surface area contributed by atoms with Crippen LogP contribution in [0.25, 0.3) is 0 Å². The summed E-state index contributed by atoms with van der Waals surface area (Å²) >= 11 is 4.94. The Balaban J connectivity index is 2.25. The summed E-state index contributed by atoms with van der Waals surface area (Å²) in [7, 11) is 0. The molecule has 100 valence electrons. The van der Waals surface area contributed by atoms with Crippen LogP contribution < -0.4 is 0 Å².